The van der Waals surface area contributed by atoms with Crippen LogP contribution in [0.3, 0.4) is 0 Å². The molecule has 0 aromatic heterocycles. The maximum atomic E-state index is 12.0. The lowest BCUT2D eigenvalue weighted by atomic mass is 10.2. The van der Waals surface area contributed by atoms with E-state index in [2.05, 4.69) is 21.9 Å². The number of carbonyl (C=O) groups excluding carboxylic acids is 1. The van der Waals surface area contributed by atoms with Crippen LogP contribution in [0.1, 0.15) is 32.8 Å². The Bertz CT molecular complexity index is 578. The maximum absolute atomic E-state index is 12.0. The summed E-state index contributed by atoms with van der Waals surface area (Å²) in [6, 6.07) is 5.23. The summed E-state index contributed by atoms with van der Waals surface area (Å²) in [5.74, 6) is 5.29. The topological polar surface area (TPSA) is 47.6 Å². The average molecular weight is 329 g/mol. The van der Waals surface area contributed by atoms with Crippen molar-refractivity contribution in [2.45, 2.75) is 39.2 Å². The van der Waals surface area contributed by atoms with E-state index in [4.69, 9.17) is 4.74 Å². The third-order valence-corrected chi connectivity index (χ3v) is 2.24. The van der Waals surface area contributed by atoms with Gasteiger partial charge in [-0.15, -0.1) is 13.2 Å². The van der Waals surface area contributed by atoms with Gasteiger partial charge in [0, 0.05) is 18.5 Å². The minimum atomic E-state index is -4.71. The fraction of sp³-hybridized carbons (Fsp3) is 0.438. The molecular weight excluding hydrogens is 311 g/mol. The van der Waals surface area contributed by atoms with Crippen molar-refractivity contribution in [1.82, 2.24) is 5.32 Å². The summed E-state index contributed by atoms with van der Waals surface area (Å²) in [6.07, 6.45) is -4.84. The Morgan fingerprint density at radius 2 is 1.78 bits per heavy atom. The fourth-order valence-corrected chi connectivity index (χ4v) is 1.45. The highest BCUT2D eigenvalue weighted by Gasteiger charge is 2.30. The quantitative estimate of drug-likeness (QED) is 0.677. The van der Waals surface area contributed by atoms with Gasteiger partial charge < -0.3 is 14.8 Å². The fourth-order valence-electron chi connectivity index (χ4n) is 1.45. The summed E-state index contributed by atoms with van der Waals surface area (Å²) < 4.78 is 44.8. The molecule has 0 saturated carbocycles. The van der Waals surface area contributed by atoms with E-state index in [1.54, 1.807) is 20.8 Å². The van der Waals surface area contributed by atoms with Gasteiger partial charge in [0.1, 0.15) is 11.4 Å². The molecule has 0 radical (unpaired) electrons. The standard InChI is InChI=1S/C16H18F3NO3/c1-15(2,3)23-14(21)20-11-5-4-6-12-7-9-13(10-8-12)22-16(17,18)19/h7-10H,5,11H2,1-3H3,(H,20,21). The van der Waals surface area contributed by atoms with Crippen LogP contribution in [-0.4, -0.2) is 24.6 Å². The number of alkyl halides is 3. The molecule has 0 aliphatic rings. The Labute approximate surface area is 133 Å². The monoisotopic (exact) mass is 329 g/mol. The van der Waals surface area contributed by atoms with Crippen molar-refractivity contribution in [3.8, 4) is 17.6 Å². The van der Waals surface area contributed by atoms with Crippen LogP contribution in [0.15, 0.2) is 24.3 Å². The number of rotatable bonds is 3. The molecule has 7 heteroatoms. The summed E-state index contributed by atoms with van der Waals surface area (Å²) in [4.78, 5) is 11.4. The Morgan fingerprint density at radius 1 is 1.17 bits per heavy atom. The Balaban J connectivity index is 2.38. The summed E-state index contributed by atoms with van der Waals surface area (Å²) in [5.41, 5.74) is -0.00694. The molecule has 0 fully saturated rings. The highest BCUT2D eigenvalue weighted by Crippen LogP contribution is 2.22. The predicted molar refractivity (Wildman–Crippen MR) is 78.9 cm³/mol. The highest BCUT2D eigenvalue weighted by molar-refractivity contribution is 5.67. The van der Waals surface area contributed by atoms with Crippen LogP contribution in [0.5, 0.6) is 5.75 Å². The lowest BCUT2D eigenvalue weighted by Gasteiger charge is -2.19. The van der Waals surface area contributed by atoms with Crippen LogP contribution < -0.4 is 10.1 Å². The van der Waals surface area contributed by atoms with E-state index in [1.807, 2.05) is 0 Å². The van der Waals surface area contributed by atoms with Gasteiger partial charge in [0.2, 0.25) is 0 Å². The second kappa shape index (κ2) is 7.77. The molecule has 0 aliphatic carbocycles. The number of amides is 1. The van der Waals surface area contributed by atoms with E-state index in [1.165, 1.54) is 24.3 Å². The first-order chi connectivity index (χ1) is 10.6. The van der Waals surface area contributed by atoms with E-state index in [9.17, 15) is 18.0 Å². The van der Waals surface area contributed by atoms with Gasteiger partial charge in [-0.1, -0.05) is 11.8 Å². The summed E-state index contributed by atoms with van der Waals surface area (Å²) >= 11 is 0. The second-order valence-electron chi connectivity index (χ2n) is 5.55. The molecular formula is C16H18F3NO3. The van der Waals surface area contributed by atoms with Crippen molar-refractivity contribution in [3.05, 3.63) is 29.8 Å². The Morgan fingerprint density at radius 3 is 2.30 bits per heavy atom. The number of hydrogen-bond donors (Lipinski definition) is 1. The predicted octanol–water partition coefficient (Wildman–Crippen LogP) is 3.85. The number of ether oxygens (including phenoxy) is 2. The normalized spacial score (nSPS) is 11.2. The first kappa shape index (κ1) is 18.7. The Kier molecular flexibility index (Phi) is 6.31. The van der Waals surface area contributed by atoms with Crippen LogP contribution in [0.4, 0.5) is 18.0 Å². The van der Waals surface area contributed by atoms with Gasteiger partial charge in [0.25, 0.3) is 0 Å². The lowest BCUT2D eigenvalue weighted by Crippen LogP contribution is -2.32. The van der Waals surface area contributed by atoms with Crippen molar-refractivity contribution in [2.24, 2.45) is 0 Å². The number of halogens is 3. The van der Waals surface area contributed by atoms with Crippen molar-refractivity contribution in [3.63, 3.8) is 0 Å². The zero-order valence-corrected chi connectivity index (χ0v) is 13.1. The molecule has 0 aliphatic heterocycles. The van der Waals surface area contributed by atoms with Crippen LogP contribution in [0, 0.1) is 11.8 Å². The molecule has 1 aromatic carbocycles. The molecule has 1 aromatic rings. The second-order valence-corrected chi connectivity index (χ2v) is 5.55. The first-order valence-corrected chi connectivity index (χ1v) is 6.87. The number of alkyl carbamates (subject to hydrolysis) is 1. The minimum Gasteiger partial charge on any atom is -0.444 e. The molecule has 126 valence electrons. The van der Waals surface area contributed by atoms with Gasteiger partial charge in [-0.25, -0.2) is 4.79 Å². The summed E-state index contributed by atoms with van der Waals surface area (Å²) in [6.45, 7) is 5.60. The largest absolute Gasteiger partial charge is 0.573 e. The maximum Gasteiger partial charge on any atom is 0.573 e. The van der Waals surface area contributed by atoms with Crippen LogP contribution in [0.2, 0.25) is 0 Å². The molecule has 1 N–H and O–H groups in total. The van der Waals surface area contributed by atoms with Gasteiger partial charge >= 0.3 is 12.5 Å². The van der Waals surface area contributed by atoms with Crippen molar-refractivity contribution in [2.75, 3.05) is 6.54 Å². The van der Waals surface area contributed by atoms with Crippen LogP contribution in [0.25, 0.3) is 0 Å². The molecule has 1 amide bonds. The van der Waals surface area contributed by atoms with Crippen molar-refractivity contribution in [1.29, 1.82) is 0 Å². The molecule has 4 nitrogen and oxygen atoms in total. The van der Waals surface area contributed by atoms with Crippen molar-refractivity contribution >= 4 is 6.09 Å². The van der Waals surface area contributed by atoms with Crippen molar-refractivity contribution < 1.29 is 27.4 Å². The number of benzene rings is 1. The Hall–Kier alpha value is -2.36. The number of carbonyl (C=O) groups is 1. The van der Waals surface area contributed by atoms with Gasteiger partial charge in [-0.05, 0) is 45.0 Å². The van der Waals surface area contributed by atoms with Crippen LogP contribution in [-0.2, 0) is 4.74 Å². The van der Waals surface area contributed by atoms with E-state index in [-0.39, 0.29) is 5.75 Å². The van der Waals surface area contributed by atoms with Gasteiger partial charge in [0.05, 0.1) is 0 Å². The zero-order chi connectivity index (χ0) is 17.5. The van der Waals surface area contributed by atoms with E-state index in [0.29, 0.717) is 18.5 Å². The SMILES string of the molecule is CC(C)(C)OC(=O)NCCC#Cc1ccc(OC(F)(F)F)cc1. The average Bonchev–Trinajstić information content (AvgIpc) is 2.36. The van der Waals surface area contributed by atoms with Gasteiger partial charge in [-0.3, -0.25) is 0 Å². The molecule has 0 bridgehead atoms. The van der Waals surface area contributed by atoms with E-state index >= 15 is 0 Å². The molecule has 0 saturated heterocycles. The molecule has 0 spiro atoms. The molecule has 1 rings (SSSR count). The first-order valence-electron chi connectivity index (χ1n) is 6.87. The van der Waals surface area contributed by atoms with Gasteiger partial charge in [0.15, 0.2) is 0 Å². The molecule has 0 unspecified atom stereocenters. The smallest absolute Gasteiger partial charge is 0.444 e. The highest BCUT2D eigenvalue weighted by atomic mass is 19.4. The minimum absolute atomic E-state index is 0.297. The van der Waals surface area contributed by atoms with Crippen LogP contribution >= 0.6 is 0 Å². The zero-order valence-electron chi connectivity index (χ0n) is 13.1. The lowest BCUT2D eigenvalue weighted by molar-refractivity contribution is -0.274. The summed E-state index contributed by atoms with van der Waals surface area (Å²) in [5, 5.41) is 2.55. The molecule has 23 heavy (non-hydrogen) atoms. The number of hydrogen-bond acceptors (Lipinski definition) is 3. The van der Waals surface area contributed by atoms with Gasteiger partial charge in [-0.2, -0.15) is 0 Å². The number of nitrogens with one attached hydrogen (secondary N) is 1. The summed E-state index contributed by atoms with van der Waals surface area (Å²) in [7, 11) is 0. The molecule has 0 atom stereocenters. The van der Waals surface area contributed by atoms with E-state index in [0.717, 1.165) is 0 Å². The van der Waals surface area contributed by atoms with E-state index < -0.39 is 18.1 Å². The third kappa shape index (κ3) is 9.30. The third-order valence-electron chi connectivity index (χ3n) is 2.24. The molecule has 0 heterocycles.